The lowest BCUT2D eigenvalue weighted by Gasteiger charge is -2.36. The van der Waals surface area contributed by atoms with Crippen molar-refractivity contribution in [2.45, 2.75) is 45.1 Å². The average Bonchev–Trinajstić information content (AvgIpc) is 2.55. The number of rotatable bonds is 5. The van der Waals surface area contributed by atoms with Crippen LogP contribution < -0.4 is 15.4 Å². The lowest BCUT2D eigenvalue weighted by Crippen LogP contribution is -2.38. The minimum Gasteiger partial charge on any atom is -0.497 e. The summed E-state index contributed by atoms with van der Waals surface area (Å²) in [5, 5.41) is 12.2. The van der Waals surface area contributed by atoms with Crippen LogP contribution in [0.15, 0.2) is 23.4 Å². The van der Waals surface area contributed by atoms with Crippen molar-refractivity contribution in [1.82, 2.24) is 0 Å². The summed E-state index contributed by atoms with van der Waals surface area (Å²) in [4.78, 5) is 2.36. The van der Waals surface area contributed by atoms with Crippen molar-refractivity contribution in [3.63, 3.8) is 0 Å². The molecule has 1 aliphatic carbocycles. The fraction of sp³-hybridized carbons (Fsp3) is 0.562. The van der Waals surface area contributed by atoms with E-state index in [2.05, 4.69) is 17.0 Å². The summed E-state index contributed by atoms with van der Waals surface area (Å²) in [7, 11) is 1.65. The normalized spacial score (nSPS) is 16.8. The van der Waals surface area contributed by atoms with Crippen LogP contribution in [0.2, 0.25) is 0 Å². The van der Waals surface area contributed by atoms with E-state index in [0.717, 1.165) is 23.5 Å². The number of methoxy groups -OCH3 is 1. The van der Waals surface area contributed by atoms with Crippen molar-refractivity contribution in [3.8, 4) is 5.75 Å². The van der Waals surface area contributed by atoms with Crippen LogP contribution >= 0.6 is 0 Å². The Morgan fingerprint density at radius 1 is 1.38 bits per heavy atom. The van der Waals surface area contributed by atoms with E-state index in [1.165, 1.54) is 32.1 Å². The Morgan fingerprint density at radius 2 is 2.10 bits per heavy atom. The maximum absolute atomic E-state index is 9.02. The molecule has 0 heterocycles. The van der Waals surface area contributed by atoms with Gasteiger partial charge in [-0.05, 0) is 31.9 Å². The Balaban J connectivity index is 2.41. The van der Waals surface area contributed by atoms with Gasteiger partial charge in [-0.1, -0.05) is 24.4 Å². The molecule has 0 radical (unpaired) electrons. The van der Waals surface area contributed by atoms with Crippen molar-refractivity contribution in [3.05, 3.63) is 23.8 Å². The van der Waals surface area contributed by atoms with Crippen molar-refractivity contribution >= 4 is 11.5 Å². The highest BCUT2D eigenvalue weighted by molar-refractivity contribution is 6.02. The topological polar surface area (TPSA) is 71.1 Å². The quantitative estimate of drug-likeness (QED) is 0.379. The maximum Gasteiger partial charge on any atom is 0.172 e. The molecule has 0 saturated heterocycles. The van der Waals surface area contributed by atoms with Crippen LogP contribution in [0.4, 0.5) is 5.69 Å². The predicted octanol–water partition coefficient (Wildman–Crippen LogP) is 2.95. The van der Waals surface area contributed by atoms with Gasteiger partial charge in [-0.15, -0.1) is 0 Å². The van der Waals surface area contributed by atoms with Gasteiger partial charge in [0.15, 0.2) is 5.84 Å². The summed E-state index contributed by atoms with van der Waals surface area (Å²) in [5.41, 5.74) is 7.58. The lowest BCUT2D eigenvalue weighted by molar-refractivity contribution is 0.318. The molecule has 0 bridgehead atoms. The molecule has 21 heavy (non-hydrogen) atoms. The largest absolute Gasteiger partial charge is 0.497 e. The number of hydrogen-bond acceptors (Lipinski definition) is 4. The van der Waals surface area contributed by atoms with E-state index >= 15 is 0 Å². The number of oxime groups is 1. The number of nitrogens with zero attached hydrogens (tertiary/aromatic N) is 2. The smallest absolute Gasteiger partial charge is 0.172 e. The SMILES string of the molecule is CCN(c1cc(OC)ccc1/C(N)=N/O)C1CCCCC1. The second-order valence-electron chi connectivity index (χ2n) is 5.45. The first-order valence-electron chi connectivity index (χ1n) is 7.63. The number of nitrogens with two attached hydrogens (primary N) is 1. The summed E-state index contributed by atoms with van der Waals surface area (Å²) in [6.07, 6.45) is 6.24. The monoisotopic (exact) mass is 291 g/mol. The molecule has 0 aliphatic heterocycles. The number of amidine groups is 1. The van der Waals surface area contributed by atoms with Gasteiger partial charge in [0.25, 0.3) is 0 Å². The first-order valence-corrected chi connectivity index (χ1v) is 7.63. The van der Waals surface area contributed by atoms with Crippen molar-refractivity contribution in [2.24, 2.45) is 10.9 Å². The van der Waals surface area contributed by atoms with Crippen LogP contribution in [0.25, 0.3) is 0 Å². The standard InChI is InChI=1S/C16H25N3O2/c1-3-19(12-7-5-4-6-8-12)15-11-13(21-2)9-10-14(15)16(17)18-20/h9-12,20H,3-8H2,1-2H3,(H2,17,18). The minimum atomic E-state index is 0.141. The van der Waals surface area contributed by atoms with E-state index in [0.29, 0.717) is 6.04 Å². The summed E-state index contributed by atoms with van der Waals surface area (Å²) in [6, 6.07) is 6.19. The van der Waals surface area contributed by atoms with E-state index in [1.807, 2.05) is 18.2 Å². The molecule has 0 unspecified atom stereocenters. The summed E-state index contributed by atoms with van der Waals surface area (Å²) in [5.74, 6) is 0.927. The highest BCUT2D eigenvalue weighted by atomic mass is 16.5. The molecular weight excluding hydrogens is 266 g/mol. The van der Waals surface area contributed by atoms with Gasteiger partial charge in [0.05, 0.1) is 12.8 Å². The summed E-state index contributed by atoms with van der Waals surface area (Å²) in [6.45, 7) is 3.04. The first kappa shape index (κ1) is 15.5. The van der Waals surface area contributed by atoms with Crippen molar-refractivity contribution in [1.29, 1.82) is 0 Å². The molecule has 1 fully saturated rings. The Kier molecular flexibility index (Phi) is 5.31. The lowest BCUT2D eigenvalue weighted by atomic mass is 9.93. The third-order valence-corrected chi connectivity index (χ3v) is 4.25. The van der Waals surface area contributed by atoms with E-state index < -0.39 is 0 Å². The van der Waals surface area contributed by atoms with Gasteiger partial charge >= 0.3 is 0 Å². The van der Waals surface area contributed by atoms with Crippen LogP contribution in [0.3, 0.4) is 0 Å². The molecule has 116 valence electrons. The zero-order chi connectivity index (χ0) is 15.2. The number of benzene rings is 1. The van der Waals surface area contributed by atoms with Crippen LogP contribution in [0, 0.1) is 0 Å². The van der Waals surface area contributed by atoms with Gasteiger partial charge in [-0.25, -0.2) is 0 Å². The second-order valence-corrected chi connectivity index (χ2v) is 5.45. The van der Waals surface area contributed by atoms with Crippen LogP contribution in [-0.2, 0) is 0 Å². The molecule has 1 aromatic rings. The Morgan fingerprint density at radius 3 is 2.67 bits per heavy atom. The highest BCUT2D eigenvalue weighted by Gasteiger charge is 2.23. The second kappa shape index (κ2) is 7.20. The Hall–Kier alpha value is -1.91. The van der Waals surface area contributed by atoms with Crippen molar-refractivity contribution < 1.29 is 9.94 Å². The summed E-state index contributed by atoms with van der Waals surface area (Å²) < 4.78 is 5.34. The maximum atomic E-state index is 9.02. The molecule has 2 rings (SSSR count). The highest BCUT2D eigenvalue weighted by Crippen LogP contribution is 2.32. The number of ether oxygens (including phenoxy) is 1. The van der Waals surface area contributed by atoms with Gasteiger partial charge in [0.2, 0.25) is 0 Å². The van der Waals surface area contributed by atoms with Gasteiger partial charge in [0.1, 0.15) is 5.75 Å². The zero-order valence-electron chi connectivity index (χ0n) is 12.9. The molecule has 1 aliphatic rings. The Bertz CT molecular complexity index is 496. The van der Waals surface area contributed by atoms with Gasteiger partial charge in [-0.2, -0.15) is 0 Å². The third-order valence-electron chi connectivity index (χ3n) is 4.25. The molecular formula is C16H25N3O2. The molecule has 0 spiro atoms. The molecule has 0 aromatic heterocycles. The molecule has 1 saturated carbocycles. The Labute approximate surface area is 126 Å². The van der Waals surface area contributed by atoms with Gasteiger partial charge < -0.3 is 20.6 Å². The third kappa shape index (κ3) is 3.40. The van der Waals surface area contributed by atoms with Gasteiger partial charge in [0, 0.05) is 24.2 Å². The van der Waals surface area contributed by atoms with Crippen LogP contribution in [-0.4, -0.2) is 30.7 Å². The van der Waals surface area contributed by atoms with Crippen LogP contribution in [0.1, 0.15) is 44.6 Å². The molecule has 3 N–H and O–H groups in total. The van der Waals surface area contributed by atoms with Gasteiger partial charge in [-0.3, -0.25) is 0 Å². The van der Waals surface area contributed by atoms with E-state index in [4.69, 9.17) is 15.7 Å². The van der Waals surface area contributed by atoms with E-state index in [1.54, 1.807) is 7.11 Å². The molecule has 5 nitrogen and oxygen atoms in total. The molecule has 5 heteroatoms. The average molecular weight is 291 g/mol. The van der Waals surface area contributed by atoms with Crippen molar-refractivity contribution in [2.75, 3.05) is 18.6 Å². The predicted molar refractivity (Wildman–Crippen MR) is 85.4 cm³/mol. The van der Waals surface area contributed by atoms with E-state index in [9.17, 15) is 0 Å². The molecule has 0 atom stereocenters. The first-order chi connectivity index (χ1) is 10.2. The van der Waals surface area contributed by atoms with Crippen LogP contribution in [0.5, 0.6) is 5.75 Å². The number of hydrogen-bond donors (Lipinski definition) is 2. The fourth-order valence-corrected chi connectivity index (χ4v) is 3.16. The fourth-order valence-electron chi connectivity index (χ4n) is 3.16. The number of anilines is 1. The molecule has 0 amide bonds. The zero-order valence-corrected chi connectivity index (χ0v) is 12.9. The van der Waals surface area contributed by atoms with E-state index in [-0.39, 0.29) is 5.84 Å². The summed E-state index contributed by atoms with van der Waals surface area (Å²) >= 11 is 0. The minimum absolute atomic E-state index is 0.141. The molecule has 1 aromatic carbocycles.